The number of thiophene rings is 1. The molecular formula is C9H12BrNO2S. The standard InChI is InChI=1S/C9H12BrNO2S/c10-8-2-1-7(14-8)9(11)6-5-12-3-4-13-6/h1-2,6,9H,3-5,11H2. The van der Waals surface area contributed by atoms with Crippen LogP contribution in [0.3, 0.4) is 0 Å². The van der Waals surface area contributed by atoms with Crippen molar-refractivity contribution in [2.24, 2.45) is 5.73 Å². The van der Waals surface area contributed by atoms with E-state index in [9.17, 15) is 0 Å². The van der Waals surface area contributed by atoms with Gasteiger partial charge in [0.1, 0.15) is 6.10 Å². The monoisotopic (exact) mass is 277 g/mol. The van der Waals surface area contributed by atoms with Crippen LogP contribution < -0.4 is 5.73 Å². The summed E-state index contributed by atoms with van der Waals surface area (Å²) in [5.74, 6) is 0. The molecule has 78 valence electrons. The molecule has 1 saturated heterocycles. The lowest BCUT2D eigenvalue weighted by Crippen LogP contribution is -2.37. The van der Waals surface area contributed by atoms with Gasteiger partial charge in [-0.2, -0.15) is 0 Å². The highest BCUT2D eigenvalue weighted by molar-refractivity contribution is 9.11. The maximum Gasteiger partial charge on any atom is 0.101 e. The molecule has 0 bridgehead atoms. The maximum atomic E-state index is 6.07. The van der Waals surface area contributed by atoms with E-state index < -0.39 is 0 Å². The minimum absolute atomic E-state index is 0.00528. The Morgan fingerprint density at radius 1 is 1.50 bits per heavy atom. The van der Waals surface area contributed by atoms with Crippen LogP contribution >= 0.6 is 27.3 Å². The van der Waals surface area contributed by atoms with Crippen LogP contribution in [0.25, 0.3) is 0 Å². The lowest BCUT2D eigenvalue weighted by Gasteiger charge is -2.27. The second-order valence-corrected chi connectivity index (χ2v) is 5.65. The third-order valence-electron chi connectivity index (χ3n) is 2.16. The van der Waals surface area contributed by atoms with Crippen molar-refractivity contribution in [2.75, 3.05) is 19.8 Å². The SMILES string of the molecule is NC(c1ccc(Br)s1)C1COCCO1. The largest absolute Gasteiger partial charge is 0.376 e. The number of nitrogens with two attached hydrogens (primary N) is 1. The Labute approximate surface area is 95.3 Å². The lowest BCUT2D eigenvalue weighted by atomic mass is 10.1. The number of rotatable bonds is 2. The lowest BCUT2D eigenvalue weighted by molar-refractivity contribution is -0.0971. The van der Waals surface area contributed by atoms with E-state index in [4.69, 9.17) is 15.2 Å². The van der Waals surface area contributed by atoms with Gasteiger partial charge in [0.25, 0.3) is 0 Å². The number of ether oxygens (including phenoxy) is 2. The molecule has 0 radical (unpaired) electrons. The van der Waals surface area contributed by atoms with Crippen molar-refractivity contribution >= 4 is 27.3 Å². The number of hydrogen-bond donors (Lipinski definition) is 1. The first-order valence-electron chi connectivity index (χ1n) is 4.47. The van der Waals surface area contributed by atoms with Crippen LogP contribution in [-0.4, -0.2) is 25.9 Å². The third-order valence-corrected chi connectivity index (χ3v) is 3.89. The fraction of sp³-hybridized carbons (Fsp3) is 0.556. The van der Waals surface area contributed by atoms with E-state index in [1.807, 2.05) is 12.1 Å². The first-order chi connectivity index (χ1) is 6.77. The normalized spacial score (nSPS) is 24.9. The molecule has 0 amide bonds. The summed E-state index contributed by atoms with van der Waals surface area (Å²) in [5, 5.41) is 0. The zero-order valence-corrected chi connectivity index (χ0v) is 10.0. The van der Waals surface area contributed by atoms with Gasteiger partial charge in [0.15, 0.2) is 0 Å². The molecule has 2 atom stereocenters. The average Bonchev–Trinajstić information content (AvgIpc) is 2.65. The van der Waals surface area contributed by atoms with E-state index in [2.05, 4.69) is 15.9 Å². The van der Waals surface area contributed by atoms with Crippen LogP contribution in [-0.2, 0) is 9.47 Å². The molecule has 0 aliphatic carbocycles. The van der Waals surface area contributed by atoms with Crippen molar-refractivity contribution in [3.63, 3.8) is 0 Å². The fourth-order valence-electron chi connectivity index (χ4n) is 1.40. The van der Waals surface area contributed by atoms with E-state index in [1.54, 1.807) is 11.3 Å². The number of halogens is 1. The van der Waals surface area contributed by atoms with Crippen LogP contribution in [0.1, 0.15) is 10.9 Å². The highest BCUT2D eigenvalue weighted by atomic mass is 79.9. The van der Waals surface area contributed by atoms with E-state index >= 15 is 0 Å². The zero-order valence-electron chi connectivity index (χ0n) is 7.61. The zero-order chi connectivity index (χ0) is 9.97. The molecule has 2 rings (SSSR count). The Morgan fingerprint density at radius 3 is 2.93 bits per heavy atom. The van der Waals surface area contributed by atoms with Crippen LogP contribution in [0.5, 0.6) is 0 Å². The van der Waals surface area contributed by atoms with Gasteiger partial charge in [0.05, 0.1) is 29.6 Å². The summed E-state index contributed by atoms with van der Waals surface area (Å²) in [6, 6.07) is 3.95. The molecule has 5 heteroatoms. The summed E-state index contributed by atoms with van der Waals surface area (Å²) in [6.07, 6.45) is -0.00528. The topological polar surface area (TPSA) is 44.5 Å². The van der Waals surface area contributed by atoms with Crippen molar-refractivity contribution in [1.29, 1.82) is 0 Å². The third kappa shape index (κ3) is 2.35. The quantitative estimate of drug-likeness (QED) is 0.899. The van der Waals surface area contributed by atoms with Crippen molar-refractivity contribution in [3.8, 4) is 0 Å². The molecule has 14 heavy (non-hydrogen) atoms. The van der Waals surface area contributed by atoms with Gasteiger partial charge in [-0.25, -0.2) is 0 Å². The molecule has 0 spiro atoms. The second-order valence-electron chi connectivity index (χ2n) is 3.15. The van der Waals surface area contributed by atoms with E-state index in [1.165, 1.54) is 0 Å². The minimum Gasteiger partial charge on any atom is -0.376 e. The van der Waals surface area contributed by atoms with Crippen LogP contribution in [0.2, 0.25) is 0 Å². The van der Waals surface area contributed by atoms with Crippen molar-refractivity contribution < 1.29 is 9.47 Å². The fourth-order valence-corrected chi connectivity index (χ4v) is 2.88. The predicted molar refractivity (Wildman–Crippen MR) is 59.5 cm³/mol. The number of hydrogen-bond acceptors (Lipinski definition) is 4. The Hall–Kier alpha value is 0.0600. The molecule has 1 fully saturated rings. The van der Waals surface area contributed by atoms with Gasteiger partial charge in [-0.3, -0.25) is 0 Å². The van der Waals surface area contributed by atoms with Crippen molar-refractivity contribution in [3.05, 3.63) is 20.8 Å². The Balaban J connectivity index is 2.03. The first-order valence-corrected chi connectivity index (χ1v) is 6.08. The molecule has 1 aromatic rings. The molecule has 1 aliphatic heterocycles. The molecule has 0 saturated carbocycles. The van der Waals surface area contributed by atoms with E-state index in [0.717, 1.165) is 8.66 Å². The smallest absolute Gasteiger partial charge is 0.101 e. The van der Waals surface area contributed by atoms with Gasteiger partial charge < -0.3 is 15.2 Å². The summed E-state index contributed by atoms with van der Waals surface area (Å²) in [5.41, 5.74) is 6.07. The highest BCUT2D eigenvalue weighted by Gasteiger charge is 2.24. The van der Waals surface area contributed by atoms with E-state index in [-0.39, 0.29) is 12.1 Å². The molecule has 2 heterocycles. The average molecular weight is 278 g/mol. The summed E-state index contributed by atoms with van der Waals surface area (Å²) < 4.78 is 12.0. The van der Waals surface area contributed by atoms with Gasteiger partial charge in [-0.1, -0.05) is 0 Å². The Kier molecular flexibility index (Phi) is 3.57. The van der Waals surface area contributed by atoms with Gasteiger partial charge >= 0.3 is 0 Å². The molecule has 2 N–H and O–H groups in total. The van der Waals surface area contributed by atoms with Crippen LogP contribution in [0.15, 0.2) is 15.9 Å². The van der Waals surface area contributed by atoms with Gasteiger partial charge in [0, 0.05) is 4.88 Å². The second kappa shape index (κ2) is 4.72. The van der Waals surface area contributed by atoms with E-state index in [0.29, 0.717) is 19.8 Å². The summed E-state index contributed by atoms with van der Waals surface area (Å²) in [6.45, 7) is 1.92. The Morgan fingerprint density at radius 2 is 2.36 bits per heavy atom. The predicted octanol–water partition coefficient (Wildman–Crippen LogP) is 1.93. The summed E-state index contributed by atoms with van der Waals surface area (Å²) in [4.78, 5) is 1.13. The first kappa shape index (κ1) is 10.6. The molecule has 3 nitrogen and oxygen atoms in total. The van der Waals surface area contributed by atoms with Crippen LogP contribution in [0, 0.1) is 0 Å². The highest BCUT2D eigenvalue weighted by Crippen LogP contribution is 2.29. The van der Waals surface area contributed by atoms with Gasteiger partial charge in [-0.15, -0.1) is 11.3 Å². The molecule has 1 aliphatic rings. The molecule has 2 unspecified atom stereocenters. The minimum atomic E-state index is -0.0772. The summed E-state index contributed by atoms with van der Waals surface area (Å²) >= 11 is 5.06. The Bertz CT molecular complexity index is 299. The molecule has 0 aromatic carbocycles. The maximum absolute atomic E-state index is 6.07. The molecular weight excluding hydrogens is 266 g/mol. The van der Waals surface area contributed by atoms with Gasteiger partial charge in [-0.05, 0) is 28.1 Å². The molecule has 1 aromatic heterocycles. The summed E-state index contributed by atoms with van der Waals surface area (Å²) in [7, 11) is 0. The van der Waals surface area contributed by atoms with Crippen molar-refractivity contribution in [2.45, 2.75) is 12.1 Å². The van der Waals surface area contributed by atoms with Crippen LogP contribution in [0.4, 0.5) is 0 Å². The van der Waals surface area contributed by atoms with Gasteiger partial charge in [0.2, 0.25) is 0 Å². The van der Waals surface area contributed by atoms with Crippen molar-refractivity contribution in [1.82, 2.24) is 0 Å².